The van der Waals surface area contributed by atoms with Crippen molar-refractivity contribution in [3.8, 4) is 0 Å². The standard InChI is InChI=1S/C7H15N.C2H4O2/c1-2-5-8-6-3-4-7-8;1-2(3)4/h2-7H2,1H3;1H3,(H,3,4). The van der Waals surface area contributed by atoms with E-state index >= 15 is 0 Å². The van der Waals surface area contributed by atoms with Crippen LogP contribution < -0.4 is 10.0 Å². The zero-order valence-electron chi connectivity index (χ0n) is 8.06. The molecule has 0 amide bonds. The van der Waals surface area contributed by atoms with Crippen molar-refractivity contribution in [3.05, 3.63) is 0 Å². The molecule has 1 saturated heterocycles. The van der Waals surface area contributed by atoms with Crippen LogP contribution in [0.3, 0.4) is 0 Å². The maximum Gasteiger partial charge on any atom is 0.0773 e. The Morgan fingerprint density at radius 3 is 2.17 bits per heavy atom. The molecule has 0 saturated carbocycles. The molecule has 1 aliphatic heterocycles. The van der Waals surface area contributed by atoms with Gasteiger partial charge in [0.1, 0.15) is 0 Å². The van der Waals surface area contributed by atoms with E-state index in [9.17, 15) is 0 Å². The second kappa shape index (κ2) is 7.10. The first-order chi connectivity index (χ1) is 5.66. The molecule has 0 spiro atoms. The van der Waals surface area contributed by atoms with Gasteiger partial charge >= 0.3 is 0 Å². The number of aliphatic carboxylic acids is 1. The third-order valence-electron chi connectivity index (χ3n) is 1.91. The van der Waals surface area contributed by atoms with E-state index in [-0.39, 0.29) is 0 Å². The van der Waals surface area contributed by atoms with Gasteiger partial charge in [0, 0.05) is 18.8 Å². The molecule has 1 rings (SSSR count). The maximum atomic E-state index is 8.89. The van der Waals surface area contributed by atoms with Gasteiger partial charge in [-0.3, -0.25) is 0 Å². The lowest BCUT2D eigenvalue weighted by Crippen LogP contribution is -3.09. The molecule has 0 aliphatic carbocycles. The Kier molecular flexibility index (Phi) is 6.76. The van der Waals surface area contributed by atoms with Crippen LogP contribution in [0.5, 0.6) is 0 Å². The van der Waals surface area contributed by atoms with Gasteiger partial charge in [0.15, 0.2) is 0 Å². The van der Waals surface area contributed by atoms with E-state index in [1.54, 1.807) is 0 Å². The molecular weight excluding hydrogens is 154 g/mol. The van der Waals surface area contributed by atoms with E-state index < -0.39 is 5.97 Å². The highest BCUT2D eigenvalue weighted by molar-refractivity contribution is 5.60. The van der Waals surface area contributed by atoms with Crippen molar-refractivity contribution in [3.63, 3.8) is 0 Å². The number of carboxylic acid groups (broad SMARTS) is 1. The highest BCUT2D eigenvalue weighted by Gasteiger charge is 2.12. The first-order valence-corrected chi connectivity index (χ1v) is 4.68. The molecule has 0 aromatic heterocycles. The first-order valence-electron chi connectivity index (χ1n) is 4.68. The molecule has 0 atom stereocenters. The van der Waals surface area contributed by atoms with Crippen molar-refractivity contribution in [2.75, 3.05) is 19.6 Å². The number of carboxylic acids is 1. The summed E-state index contributed by atoms with van der Waals surface area (Å²) >= 11 is 0. The van der Waals surface area contributed by atoms with Gasteiger partial charge in [-0.15, -0.1) is 0 Å². The summed E-state index contributed by atoms with van der Waals surface area (Å²) in [7, 11) is 0. The van der Waals surface area contributed by atoms with Gasteiger partial charge in [0.2, 0.25) is 0 Å². The van der Waals surface area contributed by atoms with Crippen LogP contribution in [-0.4, -0.2) is 25.6 Å². The number of carbonyl (C=O) groups is 1. The van der Waals surface area contributed by atoms with Crippen molar-refractivity contribution in [2.24, 2.45) is 0 Å². The second-order valence-corrected chi connectivity index (χ2v) is 3.20. The average molecular weight is 173 g/mol. The fourth-order valence-corrected chi connectivity index (χ4v) is 1.48. The third-order valence-corrected chi connectivity index (χ3v) is 1.91. The minimum Gasteiger partial charge on any atom is -0.550 e. The lowest BCUT2D eigenvalue weighted by atomic mass is 10.4. The van der Waals surface area contributed by atoms with Crippen molar-refractivity contribution >= 4 is 5.97 Å². The number of quaternary nitrogens is 1. The summed E-state index contributed by atoms with van der Waals surface area (Å²) in [6, 6.07) is 0. The predicted molar refractivity (Wildman–Crippen MR) is 45.8 cm³/mol. The fraction of sp³-hybridized carbons (Fsp3) is 0.889. The predicted octanol–water partition coefficient (Wildman–Crippen LogP) is -1.17. The zero-order valence-corrected chi connectivity index (χ0v) is 8.06. The number of hydrogen-bond acceptors (Lipinski definition) is 2. The summed E-state index contributed by atoms with van der Waals surface area (Å²) < 4.78 is 0. The largest absolute Gasteiger partial charge is 0.550 e. The molecule has 3 nitrogen and oxygen atoms in total. The van der Waals surface area contributed by atoms with Crippen LogP contribution in [-0.2, 0) is 4.79 Å². The number of likely N-dealkylation sites (tertiary alicyclic amines) is 1. The van der Waals surface area contributed by atoms with Crippen LogP contribution in [0.2, 0.25) is 0 Å². The lowest BCUT2D eigenvalue weighted by Gasteiger charge is -2.08. The second-order valence-electron chi connectivity index (χ2n) is 3.20. The summed E-state index contributed by atoms with van der Waals surface area (Å²) in [5.74, 6) is -1.08. The molecule has 1 N–H and O–H groups in total. The number of carbonyl (C=O) groups excluding carboxylic acids is 1. The Labute approximate surface area is 74.4 Å². The molecule has 1 aliphatic rings. The molecule has 0 bridgehead atoms. The van der Waals surface area contributed by atoms with Crippen LogP contribution >= 0.6 is 0 Å². The van der Waals surface area contributed by atoms with Crippen LogP contribution in [0.25, 0.3) is 0 Å². The summed E-state index contributed by atoms with van der Waals surface area (Å²) in [5.41, 5.74) is 0. The molecule has 0 aromatic rings. The normalized spacial score (nSPS) is 16.8. The Bertz CT molecular complexity index is 116. The summed E-state index contributed by atoms with van der Waals surface area (Å²) in [5, 5.41) is 8.89. The maximum absolute atomic E-state index is 8.89. The summed E-state index contributed by atoms with van der Waals surface area (Å²) in [6.45, 7) is 7.52. The van der Waals surface area contributed by atoms with E-state index in [0.717, 1.165) is 6.92 Å². The molecule has 1 heterocycles. The van der Waals surface area contributed by atoms with Gasteiger partial charge in [-0.25, -0.2) is 0 Å². The number of rotatable bonds is 2. The zero-order chi connectivity index (χ0) is 9.40. The topological polar surface area (TPSA) is 44.6 Å². The van der Waals surface area contributed by atoms with Gasteiger partial charge in [0.25, 0.3) is 0 Å². The van der Waals surface area contributed by atoms with E-state index in [1.165, 1.54) is 38.9 Å². The smallest absolute Gasteiger partial charge is 0.0773 e. The highest BCUT2D eigenvalue weighted by Crippen LogP contribution is 1.87. The SMILES string of the molecule is CC(=O)[O-].CCC[NH+]1CCCC1. The van der Waals surface area contributed by atoms with Gasteiger partial charge in [0.05, 0.1) is 19.6 Å². The van der Waals surface area contributed by atoms with Crippen molar-refractivity contribution in [1.82, 2.24) is 0 Å². The molecule has 72 valence electrons. The number of nitrogens with one attached hydrogen (secondary N) is 1. The molecule has 0 radical (unpaired) electrons. The first kappa shape index (κ1) is 11.4. The minimum absolute atomic E-state index is 0.972. The quantitative estimate of drug-likeness (QED) is 0.572. The fourth-order valence-electron chi connectivity index (χ4n) is 1.48. The monoisotopic (exact) mass is 173 g/mol. The summed E-state index contributed by atoms with van der Waals surface area (Å²) in [6.07, 6.45) is 4.29. The number of hydrogen-bond donors (Lipinski definition) is 1. The van der Waals surface area contributed by atoms with Crippen molar-refractivity contribution in [2.45, 2.75) is 33.1 Å². The Hall–Kier alpha value is -0.570. The van der Waals surface area contributed by atoms with Crippen LogP contribution in [0.4, 0.5) is 0 Å². The van der Waals surface area contributed by atoms with Crippen molar-refractivity contribution in [1.29, 1.82) is 0 Å². The highest BCUT2D eigenvalue weighted by atomic mass is 16.4. The van der Waals surface area contributed by atoms with Gasteiger partial charge in [-0.1, -0.05) is 6.92 Å². The van der Waals surface area contributed by atoms with Gasteiger partial charge in [-0.2, -0.15) is 0 Å². The van der Waals surface area contributed by atoms with E-state index in [2.05, 4.69) is 6.92 Å². The van der Waals surface area contributed by atoms with Crippen molar-refractivity contribution < 1.29 is 14.8 Å². The lowest BCUT2D eigenvalue weighted by molar-refractivity contribution is -0.887. The van der Waals surface area contributed by atoms with E-state index in [0.29, 0.717) is 0 Å². The molecule has 0 unspecified atom stereocenters. The molecule has 1 fully saturated rings. The van der Waals surface area contributed by atoms with E-state index in [4.69, 9.17) is 9.90 Å². The van der Waals surface area contributed by atoms with Crippen LogP contribution in [0.1, 0.15) is 33.1 Å². The van der Waals surface area contributed by atoms with Crippen LogP contribution in [0, 0.1) is 0 Å². The van der Waals surface area contributed by atoms with Gasteiger partial charge in [-0.05, 0) is 13.3 Å². The Balaban J connectivity index is 0.000000261. The summed E-state index contributed by atoms with van der Waals surface area (Å²) in [4.78, 5) is 10.7. The Morgan fingerprint density at radius 2 is 1.83 bits per heavy atom. The molecule has 12 heavy (non-hydrogen) atoms. The third kappa shape index (κ3) is 7.54. The molecule has 3 heteroatoms. The van der Waals surface area contributed by atoms with E-state index in [1.807, 2.05) is 4.90 Å². The molecule has 0 aromatic carbocycles. The average Bonchev–Trinajstić information content (AvgIpc) is 2.39. The molecular formula is C9H19NO2. The van der Waals surface area contributed by atoms with Crippen LogP contribution in [0.15, 0.2) is 0 Å². The Morgan fingerprint density at radius 1 is 1.42 bits per heavy atom. The van der Waals surface area contributed by atoms with Gasteiger partial charge < -0.3 is 14.8 Å². The minimum atomic E-state index is -1.08.